The van der Waals surface area contributed by atoms with Gasteiger partial charge in [-0.2, -0.15) is 15.8 Å². The molecule has 0 aliphatic heterocycles. The van der Waals surface area contributed by atoms with Gasteiger partial charge in [0, 0.05) is 37.4 Å². The first-order valence-corrected chi connectivity index (χ1v) is 11.6. The molecule has 3 N–H and O–H groups in total. The third-order valence-corrected chi connectivity index (χ3v) is 6.41. The van der Waals surface area contributed by atoms with Crippen LogP contribution in [0.2, 0.25) is 0 Å². The van der Waals surface area contributed by atoms with Crippen molar-refractivity contribution in [3.63, 3.8) is 0 Å². The summed E-state index contributed by atoms with van der Waals surface area (Å²) in [6.07, 6.45) is 1.20. The molecule has 0 unspecified atom stereocenters. The maximum absolute atomic E-state index is 12.2. The van der Waals surface area contributed by atoms with Gasteiger partial charge in [0.25, 0.3) is 0 Å². The average molecular weight is 638 g/mol. The van der Waals surface area contributed by atoms with Crippen LogP contribution in [-0.4, -0.2) is 48.2 Å². The SMILES string of the molecule is N#CSc1nc(-c2cc(C(=O)O)cc(-c3cc(C(=O)O)ccn3)n2)c(SC#N)c(C(=O)O)c1SC#N.[Ru]. The second-order valence-corrected chi connectivity index (χ2v) is 8.71. The van der Waals surface area contributed by atoms with Crippen LogP contribution >= 0.6 is 35.3 Å². The van der Waals surface area contributed by atoms with Crippen LogP contribution in [0.1, 0.15) is 31.1 Å². The van der Waals surface area contributed by atoms with Gasteiger partial charge < -0.3 is 15.3 Å². The Bertz CT molecular complexity index is 1560. The second-order valence-electron chi connectivity index (χ2n) is 6.35. The molecule has 3 aromatic heterocycles. The molecule has 0 radical (unpaired) electrons. The first-order valence-electron chi connectivity index (χ1n) is 9.16. The number of carboxylic acids is 3. The smallest absolute Gasteiger partial charge is 0.338 e. The molecule has 0 aliphatic carbocycles. The van der Waals surface area contributed by atoms with Crippen molar-refractivity contribution in [1.29, 1.82) is 15.8 Å². The zero-order valence-electron chi connectivity index (χ0n) is 17.7. The summed E-state index contributed by atoms with van der Waals surface area (Å²) in [5, 5.41) is 61.5. The van der Waals surface area contributed by atoms with Crippen molar-refractivity contribution < 1.29 is 49.2 Å². The fourth-order valence-corrected chi connectivity index (χ4v) is 4.79. The normalized spacial score (nSPS) is 9.76. The van der Waals surface area contributed by atoms with Gasteiger partial charge in [-0.25, -0.2) is 24.4 Å². The van der Waals surface area contributed by atoms with Crippen LogP contribution in [0.3, 0.4) is 0 Å². The van der Waals surface area contributed by atoms with E-state index in [1.54, 1.807) is 16.2 Å². The molecule has 3 heterocycles. The van der Waals surface area contributed by atoms with E-state index >= 15 is 0 Å². The van der Waals surface area contributed by atoms with E-state index in [0.717, 1.165) is 12.1 Å². The average Bonchev–Trinajstić information content (AvgIpc) is 2.85. The number of aromatic carboxylic acids is 3. The Morgan fingerprint density at radius 2 is 1.30 bits per heavy atom. The molecule has 0 saturated carbocycles. The zero-order chi connectivity index (χ0) is 26.4. The maximum atomic E-state index is 12.2. The molecule has 0 bridgehead atoms. The van der Waals surface area contributed by atoms with E-state index < -0.39 is 23.5 Å². The molecule has 0 fully saturated rings. The maximum Gasteiger partial charge on any atom is 0.338 e. The van der Waals surface area contributed by atoms with E-state index in [9.17, 15) is 40.2 Å². The third kappa shape index (κ3) is 6.42. The number of thioether (sulfide) groups is 3. The second kappa shape index (κ2) is 12.8. The minimum absolute atomic E-state index is 0. The Labute approximate surface area is 233 Å². The summed E-state index contributed by atoms with van der Waals surface area (Å²) in [6.45, 7) is 0. The molecule has 0 amide bonds. The molecule has 0 atom stereocenters. The van der Waals surface area contributed by atoms with Crippen molar-refractivity contribution in [1.82, 2.24) is 15.0 Å². The Hall–Kier alpha value is -4.00. The molecular weight excluding hydrogens is 630 g/mol. The van der Waals surface area contributed by atoms with E-state index in [-0.39, 0.29) is 68.2 Å². The van der Waals surface area contributed by atoms with Gasteiger partial charge in [0.15, 0.2) is 0 Å². The summed E-state index contributed by atoms with van der Waals surface area (Å²) in [6, 6.07) is 4.62. The predicted octanol–water partition coefficient (Wildman–Crippen LogP) is 4.02. The molecule has 184 valence electrons. The number of carbonyl (C=O) groups is 3. The van der Waals surface area contributed by atoms with Crippen molar-refractivity contribution in [2.24, 2.45) is 0 Å². The van der Waals surface area contributed by atoms with E-state index in [1.165, 1.54) is 18.3 Å². The van der Waals surface area contributed by atoms with Crippen LogP contribution in [0.4, 0.5) is 0 Å². The fourth-order valence-electron chi connectivity index (χ4n) is 2.91. The molecule has 12 nitrogen and oxygen atoms in total. The van der Waals surface area contributed by atoms with Crippen molar-refractivity contribution in [2.45, 2.75) is 14.8 Å². The van der Waals surface area contributed by atoms with Gasteiger partial charge >= 0.3 is 17.9 Å². The monoisotopic (exact) mass is 638 g/mol. The van der Waals surface area contributed by atoms with Gasteiger partial charge in [-0.1, -0.05) is 0 Å². The number of pyridine rings is 3. The Morgan fingerprint density at radius 1 is 0.730 bits per heavy atom. The number of aromatic nitrogens is 3. The van der Waals surface area contributed by atoms with Crippen LogP contribution in [0.25, 0.3) is 22.8 Å². The van der Waals surface area contributed by atoms with Crippen LogP contribution < -0.4 is 0 Å². The fraction of sp³-hybridized carbons (Fsp3) is 0. The molecule has 3 rings (SSSR count). The van der Waals surface area contributed by atoms with Gasteiger partial charge in [-0.15, -0.1) is 0 Å². The topological polar surface area (TPSA) is 222 Å². The first kappa shape index (κ1) is 29.2. The largest absolute Gasteiger partial charge is 0.478 e. The van der Waals surface area contributed by atoms with Crippen molar-refractivity contribution in [3.8, 4) is 39.0 Å². The van der Waals surface area contributed by atoms with Crippen molar-refractivity contribution >= 4 is 53.2 Å². The van der Waals surface area contributed by atoms with Crippen LogP contribution in [-0.2, 0) is 19.5 Å². The molecule has 3 aromatic rings. The summed E-state index contributed by atoms with van der Waals surface area (Å²) in [7, 11) is 0. The van der Waals surface area contributed by atoms with Gasteiger partial charge in [-0.3, -0.25) is 4.98 Å². The summed E-state index contributed by atoms with van der Waals surface area (Å²) in [5.74, 6) is -4.15. The summed E-state index contributed by atoms with van der Waals surface area (Å²) < 4.78 is 0. The van der Waals surface area contributed by atoms with E-state index in [2.05, 4.69) is 15.0 Å². The molecular formula is C21H8N6O6RuS3. The molecule has 37 heavy (non-hydrogen) atoms. The van der Waals surface area contributed by atoms with E-state index in [4.69, 9.17) is 5.26 Å². The van der Waals surface area contributed by atoms with Crippen LogP contribution in [0, 0.1) is 32.0 Å². The van der Waals surface area contributed by atoms with Crippen LogP contribution in [0.15, 0.2) is 45.3 Å². The quantitative estimate of drug-likeness (QED) is 0.180. The minimum Gasteiger partial charge on any atom is -0.478 e. The van der Waals surface area contributed by atoms with Gasteiger partial charge in [0.05, 0.1) is 43.6 Å². The third-order valence-electron chi connectivity index (χ3n) is 4.31. The van der Waals surface area contributed by atoms with Gasteiger partial charge in [-0.05, 0) is 47.8 Å². The number of nitriles is 3. The molecule has 0 saturated heterocycles. The number of thiocyanates is 3. The molecule has 16 heteroatoms. The number of hydrogen-bond acceptors (Lipinski definition) is 12. The van der Waals surface area contributed by atoms with Crippen molar-refractivity contribution in [2.75, 3.05) is 0 Å². The number of hydrogen-bond donors (Lipinski definition) is 3. The molecule has 0 aliphatic rings. The summed E-state index contributed by atoms with van der Waals surface area (Å²) in [5.41, 5.74) is -1.39. The minimum atomic E-state index is -1.51. The number of nitrogens with zero attached hydrogens (tertiary/aromatic N) is 6. The first-order chi connectivity index (χ1) is 17.2. The standard InChI is InChI=1S/C21H8N6O6S3.Ru/c22-6-34-16-14(21(32)33)17(35-7-23)18(36-8-24)27-15(16)13-5-10(20(30)31)4-12(26-13)11-3-9(19(28)29)1-2-25-11;/h1-5H,(H,28,29)(H,30,31)(H,32,33);. The van der Waals surface area contributed by atoms with E-state index in [1.807, 2.05) is 0 Å². The Kier molecular flexibility index (Phi) is 10.1. The zero-order valence-corrected chi connectivity index (χ0v) is 21.9. The Morgan fingerprint density at radius 3 is 1.86 bits per heavy atom. The molecule has 0 aromatic carbocycles. The van der Waals surface area contributed by atoms with Crippen molar-refractivity contribution in [3.05, 3.63) is 47.2 Å². The van der Waals surface area contributed by atoms with E-state index in [0.29, 0.717) is 35.3 Å². The number of rotatable bonds is 8. The molecule has 0 spiro atoms. The summed E-state index contributed by atoms with van der Waals surface area (Å²) >= 11 is 1.32. The van der Waals surface area contributed by atoms with Gasteiger partial charge in [0.1, 0.15) is 26.9 Å². The van der Waals surface area contributed by atoms with Crippen LogP contribution in [0.5, 0.6) is 0 Å². The number of carboxylic acid groups (broad SMARTS) is 3. The summed E-state index contributed by atoms with van der Waals surface area (Å²) in [4.78, 5) is 47.6. The predicted molar refractivity (Wildman–Crippen MR) is 126 cm³/mol. The Balaban J connectivity index is 0.00000481. The van der Waals surface area contributed by atoms with Gasteiger partial charge in [0.2, 0.25) is 0 Å².